The molecule has 0 spiro atoms. The van der Waals surface area contributed by atoms with E-state index in [1.54, 1.807) is 4.68 Å². The lowest BCUT2D eigenvalue weighted by Crippen LogP contribution is -1.93. The molecule has 0 atom stereocenters. The van der Waals surface area contributed by atoms with Gasteiger partial charge in [-0.25, -0.2) is 0 Å². The second-order valence-corrected chi connectivity index (χ2v) is 5.46. The Hall–Kier alpha value is -2.07. The molecule has 0 amide bonds. The van der Waals surface area contributed by atoms with Crippen LogP contribution in [-0.4, -0.2) is 14.9 Å². The van der Waals surface area contributed by atoms with Gasteiger partial charge >= 0.3 is 0 Å². The maximum Gasteiger partial charge on any atom is 0.169 e. The van der Waals surface area contributed by atoms with Crippen LogP contribution >= 0.6 is 15.9 Å². The highest BCUT2D eigenvalue weighted by atomic mass is 79.9. The SMILES string of the molecule is Cn1nc(-c2ccccc2)c(O)c1-c1ccc(Br)cc1. The Kier molecular flexibility index (Phi) is 3.32. The lowest BCUT2D eigenvalue weighted by Gasteiger charge is -2.03. The van der Waals surface area contributed by atoms with Crippen molar-refractivity contribution in [2.24, 2.45) is 7.05 Å². The summed E-state index contributed by atoms with van der Waals surface area (Å²) >= 11 is 3.41. The first-order chi connectivity index (χ1) is 9.66. The maximum atomic E-state index is 10.5. The van der Waals surface area contributed by atoms with Gasteiger partial charge in [0.2, 0.25) is 0 Å². The van der Waals surface area contributed by atoms with Gasteiger partial charge in [0.05, 0.1) is 0 Å². The summed E-state index contributed by atoms with van der Waals surface area (Å²) in [5.74, 6) is 0.209. The van der Waals surface area contributed by atoms with E-state index in [1.165, 1.54) is 0 Å². The normalized spacial score (nSPS) is 10.7. The number of aryl methyl sites for hydroxylation is 1. The molecule has 0 aliphatic rings. The van der Waals surface area contributed by atoms with Crippen molar-refractivity contribution in [2.75, 3.05) is 0 Å². The highest BCUT2D eigenvalue weighted by Gasteiger charge is 2.17. The number of aromatic hydroxyl groups is 1. The number of halogens is 1. The fraction of sp³-hybridized carbons (Fsp3) is 0.0625. The van der Waals surface area contributed by atoms with Gasteiger partial charge in [-0.15, -0.1) is 0 Å². The van der Waals surface area contributed by atoms with Crippen LogP contribution in [0.1, 0.15) is 0 Å². The lowest BCUT2D eigenvalue weighted by atomic mass is 10.1. The summed E-state index contributed by atoms with van der Waals surface area (Å²) < 4.78 is 2.71. The van der Waals surface area contributed by atoms with Crippen molar-refractivity contribution in [1.82, 2.24) is 9.78 Å². The fourth-order valence-electron chi connectivity index (χ4n) is 2.23. The molecule has 0 aliphatic heterocycles. The molecule has 0 unspecified atom stereocenters. The monoisotopic (exact) mass is 328 g/mol. The van der Waals surface area contributed by atoms with Crippen LogP contribution in [-0.2, 0) is 7.05 Å². The Balaban J connectivity index is 2.14. The molecule has 1 heterocycles. The lowest BCUT2D eigenvalue weighted by molar-refractivity contribution is 0.478. The number of aromatic nitrogens is 2. The predicted octanol–water partition coefficient (Wildman–Crippen LogP) is 4.22. The quantitative estimate of drug-likeness (QED) is 0.764. The summed E-state index contributed by atoms with van der Waals surface area (Å²) in [6, 6.07) is 17.5. The summed E-state index contributed by atoms with van der Waals surface area (Å²) in [5, 5.41) is 14.9. The average Bonchev–Trinajstić information content (AvgIpc) is 2.76. The van der Waals surface area contributed by atoms with Gasteiger partial charge in [-0.2, -0.15) is 5.10 Å². The van der Waals surface area contributed by atoms with Gasteiger partial charge in [0.1, 0.15) is 11.4 Å². The van der Waals surface area contributed by atoms with Gasteiger partial charge < -0.3 is 5.11 Å². The summed E-state index contributed by atoms with van der Waals surface area (Å²) in [5.41, 5.74) is 3.16. The third kappa shape index (κ3) is 2.23. The third-order valence-electron chi connectivity index (χ3n) is 3.19. The Morgan fingerprint density at radius 1 is 0.950 bits per heavy atom. The number of hydrogen-bond acceptors (Lipinski definition) is 2. The largest absolute Gasteiger partial charge is 0.504 e. The van der Waals surface area contributed by atoms with Crippen LogP contribution in [0.25, 0.3) is 22.5 Å². The first-order valence-corrected chi connectivity index (χ1v) is 7.03. The minimum absolute atomic E-state index is 0.209. The van der Waals surface area contributed by atoms with Gasteiger partial charge in [-0.1, -0.05) is 58.4 Å². The molecule has 0 saturated heterocycles. The molecule has 100 valence electrons. The molecule has 0 fully saturated rings. The molecular formula is C16H13BrN2O. The zero-order chi connectivity index (χ0) is 14.1. The summed E-state index contributed by atoms with van der Waals surface area (Å²) in [6.07, 6.45) is 0. The molecule has 0 radical (unpaired) electrons. The van der Waals surface area contributed by atoms with Crippen molar-refractivity contribution < 1.29 is 5.11 Å². The zero-order valence-corrected chi connectivity index (χ0v) is 12.5. The summed E-state index contributed by atoms with van der Waals surface area (Å²) in [4.78, 5) is 0. The third-order valence-corrected chi connectivity index (χ3v) is 3.72. The van der Waals surface area contributed by atoms with Crippen LogP contribution in [0.15, 0.2) is 59.1 Å². The Bertz CT molecular complexity index is 733. The van der Waals surface area contributed by atoms with E-state index < -0.39 is 0 Å². The van der Waals surface area contributed by atoms with Crippen LogP contribution in [0.2, 0.25) is 0 Å². The van der Waals surface area contributed by atoms with Crippen molar-refractivity contribution >= 4 is 15.9 Å². The molecule has 2 aromatic carbocycles. The second kappa shape index (κ2) is 5.13. The number of rotatable bonds is 2. The highest BCUT2D eigenvalue weighted by molar-refractivity contribution is 9.10. The molecule has 3 nitrogen and oxygen atoms in total. The Morgan fingerprint density at radius 3 is 2.25 bits per heavy atom. The van der Waals surface area contributed by atoms with Gasteiger partial charge in [0.15, 0.2) is 5.75 Å². The fourth-order valence-corrected chi connectivity index (χ4v) is 2.50. The van der Waals surface area contributed by atoms with Gasteiger partial charge in [-0.3, -0.25) is 4.68 Å². The number of benzene rings is 2. The van der Waals surface area contributed by atoms with E-state index in [9.17, 15) is 5.11 Å². The predicted molar refractivity (Wildman–Crippen MR) is 83.4 cm³/mol. The minimum Gasteiger partial charge on any atom is -0.504 e. The highest BCUT2D eigenvalue weighted by Crippen LogP contribution is 2.37. The van der Waals surface area contributed by atoms with Crippen molar-refractivity contribution in [3.63, 3.8) is 0 Å². The first kappa shape index (κ1) is 12.9. The number of nitrogens with zero attached hydrogens (tertiary/aromatic N) is 2. The van der Waals surface area contributed by atoms with Crippen LogP contribution in [0.3, 0.4) is 0 Å². The molecule has 1 N–H and O–H groups in total. The average molecular weight is 329 g/mol. The van der Waals surface area contributed by atoms with E-state index in [4.69, 9.17) is 0 Å². The molecule has 3 rings (SSSR count). The standard InChI is InChI=1S/C16H13BrN2O/c1-19-15(12-7-9-13(17)10-8-12)16(20)14(18-19)11-5-3-2-4-6-11/h2-10,20H,1H3. The van der Waals surface area contributed by atoms with Gasteiger partial charge in [0, 0.05) is 22.6 Å². The molecule has 20 heavy (non-hydrogen) atoms. The Morgan fingerprint density at radius 2 is 1.60 bits per heavy atom. The molecule has 4 heteroatoms. The zero-order valence-electron chi connectivity index (χ0n) is 10.9. The van der Waals surface area contributed by atoms with E-state index in [-0.39, 0.29) is 5.75 Å². The van der Waals surface area contributed by atoms with Crippen LogP contribution in [0.4, 0.5) is 0 Å². The van der Waals surface area contributed by atoms with E-state index in [1.807, 2.05) is 61.6 Å². The number of hydrogen-bond donors (Lipinski definition) is 1. The first-order valence-electron chi connectivity index (χ1n) is 6.24. The summed E-state index contributed by atoms with van der Waals surface area (Å²) in [7, 11) is 1.84. The van der Waals surface area contributed by atoms with E-state index in [0.29, 0.717) is 5.69 Å². The van der Waals surface area contributed by atoms with Crippen molar-refractivity contribution in [1.29, 1.82) is 0 Å². The Labute approximate surface area is 125 Å². The van der Waals surface area contributed by atoms with Crippen molar-refractivity contribution in [3.8, 4) is 28.3 Å². The topological polar surface area (TPSA) is 38.0 Å². The maximum absolute atomic E-state index is 10.5. The molecule has 1 aromatic heterocycles. The van der Waals surface area contributed by atoms with Gasteiger partial charge in [0.25, 0.3) is 0 Å². The van der Waals surface area contributed by atoms with Crippen LogP contribution in [0, 0.1) is 0 Å². The van der Waals surface area contributed by atoms with Gasteiger partial charge in [-0.05, 0) is 12.1 Å². The molecule has 3 aromatic rings. The van der Waals surface area contributed by atoms with Crippen molar-refractivity contribution in [2.45, 2.75) is 0 Å². The smallest absolute Gasteiger partial charge is 0.169 e. The van der Waals surface area contributed by atoms with Crippen molar-refractivity contribution in [3.05, 3.63) is 59.1 Å². The molecule has 0 bridgehead atoms. The second-order valence-electron chi connectivity index (χ2n) is 4.54. The van der Waals surface area contributed by atoms with Crippen LogP contribution in [0.5, 0.6) is 5.75 Å². The molecule has 0 saturated carbocycles. The molecular weight excluding hydrogens is 316 g/mol. The van der Waals surface area contributed by atoms with E-state index >= 15 is 0 Å². The van der Waals surface area contributed by atoms with Crippen LogP contribution < -0.4 is 0 Å². The van der Waals surface area contributed by atoms with E-state index in [0.717, 1.165) is 21.3 Å². The van der Waals surface area contributed by atoms with E-state index in [2.05, 4.69) is 21.0 Å². The minimum atomic E-state index is 0.209. The summed E-state index contributed by atoms with van der Waals surface area (Å²) in [6.45, 7) is 0. The molecule has 0 aliphatic carbocycles.